The summed E-state index contributed by atoms with van der Waals surface area (Å²) in [5.74, 6) is 1.62. The molecule has 1 nitrogen and oxygen atoms in total. The Morgan fingerprint density at radius 1 is 1.18 bits per heavy atom. The van der Waals surface area contributed by atoms with Crippen molar-refractivity contribution in [3.63, 3.8) is 0 Å². The minimum absolute atomic E-state index is 0.721. The fourth-order valence-electron chi connectivity index (χ4n) is 3.02. The monoisotopic (exact) mass is 247 g/mol. The van der Waals surface area contributed by atoms with Crippen LogP contribution in [0.25, 0.3) is 10.9 Å². The Balaban J connectivity index is 1.97. The van der Waals surface area contributed by atoms with Crippen molar-refractivity contribution < 1.29 is 0 Å². The van der Waals surface area contributed by atoms with E-state index in [9.17, 15) is 0 Å². The van der Waals surface area contributed by atoms with Gasteiger partial charge < -0.3 is 4.98 Å². The summed E-state index contributed by atoms with van der Waals surface area (Å²) in [4.78, 5) is 3.37. The molecule has 1 heterocycles. The van der Waals surface area contributed by atoms with Gasteiger partial charge in [0.25, 0.3) is 0 Å². The van der Waals surface area contributed by atoms with Crippen molar-refractivity contribution in [1.82, 2.24) is 4.98 Å². The molecule has 1 fully saturated rings. The van der Waals surface area contributed by atoms with E-state index in [1.807, 2.05) is 6.07 Å². The molecule has 0 atom stereocenters. The first-order valence-corrected chi connectivity index (χ1v) is 6.88. The van der Waals surface area contributed by atoms with Crippen molar-refractivity contribution in [2.75, 3.05) is 0 Å². The molecule has 17 heavy (non-hydrogen) atoms. The summed E-state index contributed by atoms with van der Waals surface area (Å²) in [5, 5.41) is 2.15. The average molecular weight is 248 g/mol. The number of benzene rings is 1. The highest BCUT2D eigenvalue weighted by molar-refractivity contribution is 6.31. The normalized spacial score (nSPS) is 25.3. The van der Waals surface area contributed by atoms with Crippen molar-refractivity contribution in [3.8, 4) is 0 Å². The molecular weight excluding hydrogens is 230 g/mol. The fourth-order valence-corrected chi connectivity index (χ4v) is 3.20. The number of halogens is 1. The van der Waals surface area contributed by atoms with Gasteiger partial charge in [-0.05, 0) is 48.4 Å². The van der Waals surface area contributed by atoms with Crippen LogP contribution in [-0.2, 0) is 0 Å². The molecule has 0 bridgehead atoms. The summed E-state index contributed by atoms with van der Waals surface area (Å²) >= 11 is 6.10. The van der Waals surface area contributed by atoms with Crippen molar-refractivity contribution in [3.05, 3.63) is 35.0 Å². The lowest BCUT2D eigenvalue weighted by Gasteiger charge is -2.25. The van der Waals surface area contributed by atoms with Gasteiger partial charge in [-0.15, -0.1) is 0 Å². The third kappa shape index (κ3) is 2.09. The maximum atomic E-state index is 6.10. The minimum atomic E-state index is 0.721. The molecule has 0 aliphatic heterocycles. The SMILES string of the molecule is CC1CCC(c2c[nH]c3ccc(Cl)cc23)CC1. The van der Waals surface area contributed by atoms with E-state index in [0.717, 1.165) is 16.9 Å². The largest absolute Gasteiger partial charge is 0.361 e. The summed E-state index contributed by atoms with van der Waals surface area (Å²) in [6.45, 7) is 2.36. The molecule has 0 saturated heterocycles. The highest BCUT2D eigenvalue weighted by Gasteiger charge is 2.21. The van der Waals surface area contributed by atoms with Gasteiger partial charge in [0.1, 0.15) is 0 Å². The zero-order chi connectivity index (χ0) is 11.8. The predicted molar refractivity (Wildman–Crippen MR) is 73.7 cm³/mol. The van der Waals surface area contributed by atoms with Gasteiger partial charge in [-0.3, -0.25) is 0 Å². The van der Waals surface area contributed by atoms with Crippen LogP contribution in [0, 0.1) is 5.92 Å². The van der Waals surface area contributed by atoms with Crippen LogP contribution in [0.1, 0.15) is 44.1 Å². The first-order valence-electron chi connectivity index (χ1n) is 6.50. The first-order chi connectivity index (χ1) is 8.24. The molecule has 0 radical (unpaired) electrons. The number of hydrogen-bond acceptors (Lipinski definition) is 0. The van der Waals surface area contributed by atoms with Crippen LogP contribution < -0.4 is 0 Å². The topological polar surface area (TPSA) is 15.8 Å². The highest BCUT2D eigenvalue weighted by atomic mass is 35.5. The summed E-state index contributed by atoms with van der Waals surface area (Å²) in [7, 11) is 0. The van der Waals surface area contributed by atoms with Gasteiger partial charge in [0, 0.05) is 22.1 Å². The third-order valence-corrected chi connectivity index (χ3v) is 4.37. The fraction of sp³-hybridized carbons (Fsp3) is 0.467. The van der Waals surface area contributed by atoms with E-state index in [4.69, 9.17) is 11.6 Å². The maximum Gasteiger partial charge on any atom is 0.0457 e. The highest BCUT2D eigenvalue weighted by Crippen LogP contribution is 2.38. The van der Waals surface area contributed by atoms with Gasteiger partial charge in [0.15, 0.2) is 0 Å². The Labute approximate surface area is 107 Å². The Hall–Kier alpha value is -0.950. The van der Waals surface area contributed by atoms with E-state index in [-0.39, 0.29) is 0 Å². The Morgan fingerprint density at radius 3 is 2.71 bits per heavy atom. The first kappa shape index (κ1) is 11.2. The smallest absolute Gasteiger partial charge is 0.0457 e. The summed E-state index contributed by atoms with van der Waals surface area (Å²) in [6, 6.07) is 6.13. The predicted octanol–water partition coefficient (Wildman–Crippen LogP) is 5.12. The number of aromatic amines is 1. The lowest BCUT2D eigenvalue weighted by molar-refractivity contribution is 0.349. The number of hydrogen-bond donors (Lipinski definition) is 1. The molecule has 1 aliphatic rings. The van der Waals surface area contributed by atoms with Crippen molar-refractivity contribution in [2.24, 2.45) is 5.92 Å². The van der Waals surface area contributed by atoms with E-state index in [0.29, 0.717) is 0 Å². The molecule has 2 aromatic rings. The molecule has 1 aromatic heterocycles. The Morgan fingerprint density at radius 2 is 1.94 bits per heavy atom. The lowest BCUT2D eigenvalue weighted by Crippen LogP contribution is -2.10. The molecule has 0 unspecified atom stereocenters. The molecule has 90 valence electrons. The van der Waals surface area contributed by atoms with Crippen molar-refractivity contribution >= 4 is 22.5 Å². The molecule has 0 spiro atoms. The number of nitrogens with one attached hydrogen (secondary N) is 1. The minimum Gasteiger partial charge on any atom is -0.361 e. The number of rotatable bonds is 1. The molecule has 3 rings (SSSR count). The van der Waals surface area contributed by atoms with Crippen LogP contribution in [-0.4, -0.2) is 4.98 Å². The quantitative estimate of drug-likeness (QED) is 0.720. The van der Waals surface area contributed by atoms with Gasteiger partial charge >= 0.3 is 0 Å². The van der Waals surface area contributed by atoms with Gasteiger partial charge in [-0.2, -0.15) is 0 Å². The second kappa shape index (κ2) is 4.38. The van der Waals surface area contributed by atoms with Crippen LogP contribution in [0.4, 0.5) is 0 Å². The van der Waals surface area contributed by atoms with Crippen molar-refractivity contribution in [1.29, 1.82) is 0 Å². The van der Waals surface area contributed by atoms with Crippen LogP contribution in [0.15, 0.2) is 24.4 Å². The zero-order valence-electron chi connectivity index (χ0n) is 10.2. The molecule has 1 N–H and O–H groups in total. The molecular formula is C15H18ClN. The average Bonchev–Trinajstić information content (AvgIpc) is 2.73. The standard InChI is InChI=1S/C15H18ClN/c1-10-2-4-11(5-3-10)14-9-17-15-7-6-12(16)8-13(14)15/h6-11,17H,2-5H2,1H3. The van der Waals surface area contributed by atoms with Crippen molar-refractivity contribution in [2.45, 2.75) is 38.5 Å². The summed E-state index contributed by atoms with van der Waals surface area (Å²) in [5.41, 5.74) is 2.68. The van der Waals surface area contributed by atoms with Gasteiger partial charge in [0.05, 0.1) is 0 Å². The van der Waals surface area contributed by atoms with E-state index >= 15 is 0 Å². The van der Waals surface area contributed by atoms with Crippen LogP contribution in [0.5, 0.6) is 0 Å². The Bertz CT molecular complexity index is 521. The summed E-state index contributed by atoms with van der Waals surface area (Å²) < 4.78 is 0. The van der Waals surface area contributed by atoms with Gasteiger partial charge in [-0.1, -0.05) is 31.4 Å². The molecule has 2 heteroatoms. The number of fused-ring (bicyclic) bond motifs is 1. The van der Waals surface area contributed by atoms with Crippen LogP contribution in [0.2, 0.25) is 5.02 Å². The van der Waals surface area contributed by atoms with E-state index in [2.05, 4.69) is 30.2 Å². The third-order valence-electron chi connectivity index (χ3n) is 4.13. The summed E-state index contributed by atoms with van der Waals surface area (Å²) in [6.07, 6.45) is 7.54. The van der Waals surface area contributed by atoms with Gasteiger partial charge in [0.2, 0.25) is 0 Å². The molecule has 0 amide bonds. The van der Waals surface area contributed by atoms with E-state index < -0.39 is 0 Å². The van der Waals surface area contributed by atoms with E-state index in [1.165, 1.54) is 42.1 Å². The molecule has 1 aromatic carbocycles. The lowest BCUT2D eigenvalue weighted by atomic mass is 9.79. The Kier molecular flexibility index (Phi) is 2.87. The maximum absolute atomic E-state index is 6.10. The van der Waals surface area contributed by atoms with Crippen LogP contribution >= 0.6 is 11.6 Å². The number of H-pyrrole nitrogens is 1. The van der Waals surface area contributed by atoms with Crippen LogP contribution in [0.3, 0.4) is 0 Å². The second-order valence-electron chi connectivity index (χ2n) is 5.39. The second-order valence-corrected chi connectivity index (χ2v) is 5.83. The molecule has 1 aliphatic carbocycles. The zero-order valence-corrected chi connectivity index (χ0v) is 10.9. The van der Waals surface area contributed by atoms with E-state index in [1.54, 1.807) is 0 Å². The molecule has 1 saturated carbocycles. The van der Waals surface area contributed by atoms with Gasteiger partial charge in [-0.25, -0.2) is 0 Å². The number of aromatic nitrogens is 1.